The summed E-state index contributed by atoms with van der Waals surface area (Å²) in [4.78, 5) is 27.3. The van der Waals surface area contributed by atoms with Crippen molar-refractivity contribution in [2.24, 2.45) is 5.92 Å². The maximum absolute atomic E-state index is 13.0. The van der Waals surface area contributed by atoms with E-state index in [4.69, 9.17) is 0 Å². The summed E-state index contributed by atoms with van der Waals surface area (Å²) >= 11 is 0. The lowest BCUT2D eigenvalue weighted by Gasteiger charge is -2.32. The predicted molar refractivity (Wildman–Crippen MR) is 139 cm³/mol. The maximum Gasteiger partial charge on any atom is 0.261 e. The number of nitrogens with one attached hydrogen (secondary N) is 2. The number of sulfonamides is 1. The summed E-state index contributed by atoms with van der Waals surface area (Å²) in [6.45, 7) is 9.97. The van der Waals surface area contributed by atoms with E-state index in [1.807, 2.05) is 12.1 Å². The molecule has 2 N–H and O–H groups in total. The molecule has 1 aliphatic heterocycles. The highest BCUT2D eigenvalue weighted by Gasteiger charge is 2.28. The third kappa shape index (κ3) is 7.07. The van der Waals surface area contributed by atoms with Crippen molar-refractivity contribution in [3.63, 3.8) is 0 Å². The van der Waals surface area contributed by atoms with E-state index < -0.39 is 10.0 Å². The molecule has 1 aliphatic rings. The van der Waals surface area contributed by atoms with Crippen LogP contribution in [0, 0.1) is 5.92 Å². The summed E-state index contributed by atoms with van der Waals surface area (Å²) in [5.41, 5.74) is 1.84. The van der Waals surface area contributed by atoms with Crippen LogP contribution in [0.2, 0.25) is 0 Å². The average Bonchev–Trinajstić information content (AvgIpc) is 2.83. The molecule has 2 aromatic carbocycles. The molecule has 0 spiro atoms. The van der Waals surface area contributed by atoms with Gasteiger partial charge in [-0.1, -0.05) is 46.2 Å². The molecule has 1 heterocycles. The van der Waals surface area contributed by atoms with E-state index in [0.29, 0.717) is 30.9 Å². The average molecular weight is 500 g/mol. The number of benzene rings is 2. The zero-order valence-corrected chi connectivity index (χ0v) is 22.0. The van der Waals surface area contributed by atoms with Crippen molar-refractivity contribution in [2.75, 3.05) is 24.4 Å². The summed E-state index contributed by atoms with van der Waals surface area (Å²) in [6, 6.07) is 13.3. The SMILES string of the molecule is CCCCNC(=O)C1CCCN(C(=O)c2ccc(NS(=O)(=O)c3ccc(C(C)(C)C)cc3)cc2)C1. The number of carbonyl (C=O) groups excluding carboxylic acids is 2. The molecule has 8 heteroatoms. The van der Waals surface area contributed by atoms with Gasteiger partial charge in [0, 0.05) is 30.9 Å². The van der Waals surface area contributed by atoms with Crippen molar-refractivity contribution in [2.45, 2.75) is 63.7 Å². The monoisotopic (exact) mass is 499 g/mol. The number of amides is 2. The Labute approximate surface area is 209 Å². The number of nitrogens with zero attached hydrogens (tertiary/aromatic N) is 1. The van der Waals surface area contributed by atoms with Crippen LogP contribution < -0.4 is 10.0 Å². The van der Waals surface area contributed by atoms with Gasteiger partial charge in [0.1, 0.15) is 0 Å². The standard InChI is InChI=1S/C27H37N3O4S/c1-5-6-17-28-25(31)21-8-7-18-30(19-21)26(32)20-9-13-23(14-10-20)29-35(33,34)24-15-11-22(12-16-24)27(2,3)4/h9-16,21,29H,5-8,17-19H2,1-4H3,(H,28,31). The first-order chi connectivity index (χ1) is 16.5. The Morgan fingerprint density at radius 3 is 2.29 bits per heavy atom. The highest BCUT2D eigenvalue weighted by atomic mass is 32.2. The molecule has 7 nitrogen and oxygen atoms in total. The second-order valence-electron chi connectivity index (χ2n) is 10.2. The van der Waals surface area contributed by atoms with Crippen molar-refractivity contribution in [1.82, 2.24) is 10.2 Å². The van der Waals surface area contributed by atoms with Gasteiger partial charge in [0.15, 0.2) is 0 Å². The minimum Gasteiger partial charge on any atom is -0.356 e. The molecule has 1 atom stereocenters. The van der Waals surface area contributed by atoms with Crippen molar-refractivity contribution in [3.8, 4) is 0 Å². The lowest BCUT2D eigenvalue weighted by atomic mass is 9.87. The van der Waals surface area contributed by atoms with Gasteiger partial charge in [-0.3, -0.25) is 14.3 Å². The van der Waals surface area contributed by atoms with E-state index in [1.165, 1.54) is 0 Å². The number of hydrogen-bond acceptors (Lipinski definition) is 4. The number of rotatable bonds is 8. The predicted octanol–water partition coefficient (Wildman–Crippen LogP) is 4.55. The van der Waals surface area contributed by atoms with Crippen LogP contribution in [-0.2, 0) is 20.2 Å². The molecule has 0 radical (unpaired) electrons. The lowest BCUT2D eigenvalue weighted by Crippen LogP contribution is -2.45. The molecule has 3 rings (SSSR count). The quantitative estimate of drug-likeness (QED) is 0.521. The summed E-state index contributed by atoms with van der Waals surface area (Å²) in [6.07, 6.45) is 3.52. The van der Waals surface area contributed by atoms with E-state index in [2.05, 4.69) is 37.7 Å². The Bertz CT molecular complexity index is 1120. The van der Waals surface area contributed by atoms with E-state index in [9.17, 15) is 18.0 Å². The van der Waals surface area contributed by atoms with E-state index in [-0.39, 0.29) is 28.0 Å². The molecule has 2 aromatic rings. The molecule has 190 valence electrons. The number of unbranched alkanes of at least 4 members (excludes halogenated alkanes) is 1. The molecule has 1 saturated heterocycles. The van der Waals surface area contributed by atoms with Crippen molar-refractivity contribution < 1.29 is 18.0 Å². The minimum absolute atomic E-state index is 0.0104. The van der Waals surface area contributed by atoms with Gasteiger partial charge in [-0.25, -0.2) is 8.42 Å². The topological polar surface area (TPSA) is 95.6 Å². The first-order valence-corrected chi connectivity index (χ1v) is 13.8. The van der Waals surface area contributed by atoms with Gasteiger partial charge in [-0.05, 0) is 66.6 Å². The molecule has 0 aromatic heterocycles. The fourth-order valence-electron chi connectivity index (χ4n) is 4.12. The van der Waals surface area contributed by atoms with Crippen molar-refractivity contribution in [3.05, 3.63) is 59.7 Å². The van der Waals surface area contributed by atoms with E-state index in [1.54, 1.807) is 41.3 Å². The number of hydrogen-bond donors (Lipinski definition) is 2. The van der Waals surface area contributed by atoms with E-state index >= 15 is 0 Å². The van der Waals surface area contributed by atoms with Crippen LogP contribution in [0.5, 0.6) is 0 Å². The minimum atomic E-state index is -3.75. The number of carbonyl (C=O) groups is 2. The van der Waals surface area contributed by atoms with Gasteiger partial charge in [-0.2, -0.15) is 0 Å². The smallest absolute Gasteiger partial charge is 0.261 e. The Kier molecular flexibility index (Phi) is 8.59. The summed E-state index contributed by atoms with van der Waals surface area (Å²) < 4.78 is 28.2. The first kappa shape index (κ1) is 26.7. The van der Waals surface area contributed by atoms with Gasteiger partial charge < -0.3 is 10.2 Å². The highest BCUT2D eigenvalue weighted by Crippen LogP contribution is 2.25. The molecular formula is C27H37N3O4S. The zero-order valence-electron chi connectivity index (χ0n) is 21.1. The Morgan fingerprint density at radius 1 is 1.03 bits per heavy atom. The fourth-order valence-corrected chi connectivity index (χ4v) is 5.18. The first-order valence-electron chi connectivity index (χ1n) is 12.3. The second-order valence-corrected chi connectivity index (χ2v) is 11.9. The second kappa shape index (κ2) is 11.2. The van der Waals surface area contributed by atoms with Crippen molar-refractivity contribution in [1.29, 1.82) is 0 Å². The third-order valence-electron chi connectivity index (χ3n) is 6.32. The number of piperidine rings is 1. The molecule has 2 amide bonds. The molecule has 35 heavy (non-hydrogen) atoms. The summed E-state index contributed by atoms with van der Waals surface area (Å²) in [5, 5.41) is 2.96. The van der Waals surface area contributed by atoms with Crippen LogP contribution in [0.3, 0.4) is 0 Å². The molecular weight excluding hydrogens is 462 g/mol. The van der Waals surface area contributed by atoms with Crippen LogP contribution in [0.4, 0.5) is 5.69 Å². The van der Waals surface area contributed by atoms with Crippen LogP contribution in [0.1, 0.15) is 69.3 Å². The zero-order chi connectivity index (χ0) is 25.6. The molecule has 0 saturated carbocycles. The molecule has 1 unspecified atom stereocenters. The molecule has 0 bridgehead atoms. The van der Waals surface area contributed by atoms with Crippen LogP contribution in [0.15, 0.2) is 53.4 Å². The Balaban J connectivity index is 1.63. The number of likely N-dealkylation sites (tertiary alicyclic amines) is 1. The van der Waals surface area contributed by atoms with Gasteiger partial charge in [0.05, 0.1) is 10.8 Å². The van der Waals surface area contributed by atoms with Crippen LogP contribution >= 0.6 is 0 Å². The van der Waals surface area contributed by atoms with Crippen LogP contribution in [0.25, 0.3) is 0 Å². The van der Waals surface area contributed by atoms with Gasteiger partial charge in [-0.15, -0.1) is 0 Å². The maximum atomic E-state index is 13.0. The molecule has 0 aliphatic carbocycles. The van der Waals surface area contributed by atoms with Crippen LogP contribution in [-0.4, -0.2) is 44.8 Å². The Morgan fingerprint density at radius 2 is 1.69 bits per heavy atom. The number of anilines is 1. The lowest BCUT2D eigenvalue weighted by molar-refractivity contribution is -0.126. The third-order valence-corrected chi connectivity index (χ3v) is 7.72. The fraction of sp³-hybridized carbons (Fsp3) is 0.481. The summed E-state index contributed by atoms with van der Waals surface area (Å²) in [7, 11) is -3.75. The van der Waals surface area contributed by atoms with Gasteiger partial charge >= 0.3 is 0 Å². The highest BCUT2D eigenvalue weighted by molar-refractivity contribution is 7.92. The molecule has 1 fully saturated rings. The Hall–Kier alpha value is -2.87. The van der Waals surface area contributed by atoms with Gasteiger partial charge in [0.25, 0.3) is 15.9 Å². The largest absolute Gasteiger partial charge is 0.356 e. The normalized spacial score (nSPS) is 16.6. The van der Waals surface area contributed by atoms with Crippen molar-refractivity contribution >= 4 is 27.5 Å². The summed E-state index contributed by atoms with van der Waals surface area (Å²) in [5.74, 6) is -0.334. The van der Waals surface area contributed by atoms with Gasteiger partial charge in [0.2, 0.25) is 5.91 Å². The van der Waals surface area contributed by atoms with E-state index in [0.717, 1.165) is 31.2 Å².